The third-order valence-corrected chi connectivity index (χ3v) is 4.91. The molecule has 0 bridgehead atoms. The summed E-state index contributed by atoms with van der Waals surface area (Å²) in [5.74, 6) is 1.89. The topological polar surface area (TPSA) is 49.5 Å². The van der Waals surface area contributed by atoms with Crippen LogP contribution in [0.4, 0.5) is 0 Å². The summed E-state index contributed by atoms with van der Waals surface area (Å²) >= 11 is 0. The Hall–Kier alpha value is -2.59. The Morgan fingerprint density at radius 1 is 1.12 bits per heavy atom. The number of likely N-dealkylation sites (tertiary alicyclic amines) is 1. The van der Waals surface area contributed by atoms with Crippen LogP contribution in [0.3, 0.4) is 0 Å². The molecule has 1 aliphatic rings. The van der Waals surface area contributed by atoms with Gasteiger partial charge in [-0.3, -0.25) is 4.90 Å². The molecular formula is C21H22N2O2. The third kappa shape index (κ3) is 3.30. The Balaban J connectivity index is 1.55. The predicted octanol–water partition coefficient (Wildman–Crippen LogP) is 4.69. The molecule has 4 rings (SSSR count). The molecule has 0 radical (unpaired) electrons. The first-order chi connectivity index (χ1) is 12.2. The van der Waals surface area contributed by atoms with E-state index in [0.29, 0.717) is 17.7 Å². The van der Waals surface area contributed by atoms with Crippen molar-refractivity contribution in [1.82, 2.24) is 9.88 Å². The summed E-state index contributed by atoms with van der Waals surface area (Å²) in [7, 11) is 0. The van der Waals surface area contributed by atoms with E-state index in [9.17, 15) is 5.11 Å². The molecule has 2 heterocycles. The van der Waals surface area contributed by atoms with E-state index >= 15 is 0 Å². The van der Waals surface area contributed by atoms with Crippen LogP contribution >= 0.6 is 0 Å². The van der Waals surface area contributed by atoms with Gasteiger partial charge in [0.1, 0.15) is 11.5 Å². The van der Waals surface area contributed by atoms with Gasteiger partial charge in [-0.1, -0.05) is 30.3 Å². The molecule has 128 valence electrons. The number of aromatic nitrogens is 1. The van der Waals surface area contributed by atoms with Crippen LogP contribution in [0, 0.1) is 6.92 Å². The number of aromatic hydroxyl groups is 1. The van der Waals surface area contributed by atoms with Crippen LogP contribution in [-0.4, -0.2) is 21.5 Å². The predicted molar refractivity (Wildman–Crippen MR) is 97.2 cm³/mol. The summed E-state index contributed by atoms with van der Waals surface area (Å²) in [5, 5.41) is 9.51. The van der Waals surface area contributed by atoms with Crippen LogP contribution in [-0.2, 0) is 6.54 Å². The zero-order valence-electron chi connectivity index (χ0n) is 14.4. The number of benzene rings is 2. The van der Waals surface area contributed by atoms with Gasteiger partial charge in [-0.05, 0) is 56.1 Å². The summed E-state index contributed by atoms with van der Waals surface area (Å²) in [6.07, 6.45) is 2.31. The molecule has 1 atom stereocenters. The minimum absolute atomic E-state index is 0.313. The van der Waals surface area contributed by atoms with Crippen LogP contribution in [0.15, 0.2) is 59.0 Å². The summed E-state index contributed by atoms with van der Waals surface area (Å²) in [6.45, 7) is 3.83. The van der Waals surface area contributed by atoms with Crippen molar-refractivity contribution in [3.8, 4) is 17.2 Å². The van der Waals surface area contributed by atoms with Crippen LogP contribution in [0.25, 0.3) is 11.5 Å². The van der Waals surface area contributed by atoms with E-state index in [0.717, 1.165) is 36.5 Å². The summed E-state index contributed by atoms with van der Waals surface area (Å²) in [4.78, 5) is 7.19. The van der Waals surface area contributed by atoms with Crippen molar-refractivity contribution >= 4 is 0 Å². The molecule has 0 aliphatic carbocycles. The van der Waals surface area contributed by atoms with Gasteiger partial charge in [-0.2, -0.15) is 0 Å². The fraction of sp³-hybridized carbons (Fsp3) is 0.286. The van der Waals surface area contributed by atoms with Gasteiger partial charge in [0, 0.05) is 18.2 Å². The first-order valence-corrected chi connectivity index (χ1v) is 8.75. The Kier molecular flexibility index (Phi) is 4.28. The van der Waals surface area contributed by atoms with Gasteiger partial charge >= 0.3 is 0 Å². The number of hydrogen-bond donors (Lipinski definition) is 1. The van der Waals surface area contributed by atoms with Crippen molar-refractivity contribution in [2.75, 3.05) is 6.54 Å². The van der Waals surface area contributed by atoms with E-state index < -0.39 is 0 Å². The molecular weight excluding hydrogens is 312 g/mol. The lowest BCUT2D eigenvalue weighted by Crippen LogP contribution is -2.23. The van der Waals surface area contributed by atoms with Crippen molar-refractivity contribution in [2.45, 2.75) is 32.4 Å². The standard InChI is InChI=1S/C21H22N2O2/c1-15-19(22-21(25-15)17-6-3-2-4-7-17)14-23-13-5-8-20(23)16-9-11-18(24)12-10-16/h2-4,6-7,9-12,20,24H,5,8,13-14H2,1H3/t20-/m1/s1. The first kappa shape index (κ1) is 15.9. The maximum atomic E-state index is 9.51. The largest absolute Gasteiger partial charge is 0.508 e. The molecule has 0 saturated carbocycles. The van der Waals surface area contributed by atoms with E-state index in [1.807, 2.05) is 49.4 Å². The SMILES string of the molecule is Cc1oc(-c2ccccc2)nc1CN1CCC[C@@H]1c1ccc(O)cc1. The Morgan fingerprint density at radius 2 is 1.88 bits per heavy atom. The van der Waals surface area contributed by atoms with E-state index in [-0.39, 0.29) is 0 Å². The lowest BCUT2D eigenvalue weighted by Gasteiger charge is -2.24. The second kappa shape index (κ2) is 6.73. The number of nitrogens with zero attached hydrogens (tertiary/aromatic N) is 2. The van der Waals surface area contributed by atoms with Crippen LogP contribution in [0.5, 0.6) is 5.75 Å². The Bertz CT molecular complexity index is 840. The maximum Gasteiger partial charge on any atom is 0.226 e. The van der Waals surface area contributed by atoms with E-state index in [1.54, 1.807) is 12.1 Å². The molecule has 4 heteroatoms. The molecule has 1 saturated heterocycles. The molecule has 1 fully saturated rings. The van der Waals surface area contributed by atoms with Crippen molar-refractivity contribution in [2.24, 2.45) is 0 Å². The highest BCUT2D eigenvalue weighted by molar-refractivity contribution is 5.53. The maximum absolute atomic E-state index is 9.51. The van der Waals surface area contributed by atoms with Gasteiger partial charge < -0.3 is 9.52 Å². The molecule has 0 unspecified atom stereocenters. The van der Waals surface area contributed by atoms with Gasteiger partial charge in [0.15, 0.2) is 0 Å². The van der Waals surface area contributed by atoms with E-state index in [4.69, 9.17) is 9.40 Å². The lowest BCUT2D eigenvalue weighted by atomic mass is 10.0. The van der Waals surface area contributed by atoms with E-state index in [2.05, 4.69) is 4.90 Å². The third-order valence-electron chi connectivity index (χ3n) is 4.91. The average Bonchev–Trinajstić information content (AvgIpc) is 3.24. The Morgan fingerprint density at radius 3 is 2.64 bits per heavy atom. The number of phenols is 1. The fourth-order valence-electron chi connectivity index (χ4n) is 3.56. The summed E-state index contributed by atoms with van der Waals surface area (Å²) in [6, 6.07) is 18.0. The second-order valence-electron chi connectivity index (χ2n) is 6.61. The van der Waals surface area contributed by atoms with Crippen molar-refractivity contribution in [3.63, 3.8) is 0 Å². The molecule has 25 heavy (non-hydrogen) atoms. The second-order valence-corrected chi connectivity index (χ2v) is 6.61. The summed E-state index contributed by atoms with van der Waals surface area (Å²) in [5.41, 5.74) is 3.26. The highest BCUT2D eigenvalue weighted by Crippen LogP contribution is 2.34. The van der Waals surface area contributed by atoms with Crippen LogP contribution in [0.2, 0.25) is 0 Å². The minimum Gasteiger partial charge on any atom is -0.508 e. The molecule has 4 nitrogen and oxygen atoms in total. The quantitative estimate of drug-likeness (QED) is 0.752. The normalized spacial score (nSPS) is 17.9. The molecule has 1 aliphatic heterocycles. The monoisotopic (exact) mass is 334 g/mol. The van der Waals surface area contributed by atoms with Crippen LogP contribution in [0.1, 0.15) is 35.9 Å². The number of hydrogen-bond acceptors (Lipinski definition) is 4. The fourth-order valence-corrected chi connectivity index (χ4v) is 3.56. The number of aryl methyl sites for hydroxylation is 1. The number of oxazole rings is 1. The highest BCUT2D eigenvalue weighted by Gasteiger charge is 2.27. The zero-order valence-corrected chi connectivity index (χ0v) is 14.4. The van der Waals surface area contributed by atoms with Gasteiger partial charge in [0.2, 0.25) is 5.89 Å². The molecule has 0 amide bonds. The van der Waals surface area contributed by atoms with Gasteiger partial charge in [0.25, 0.3) is 0 Å². The van der Waals surface area contributed by atoms with Crippen molar-refractivity contribution < 1.29 is 9.52 Å². The van der Waals surface area contributed by atoms with Gasteiger partial charge in [-0.15, -0.1) is 0 Å². The van der Waals surface area contributed by atoms with Gasteiger partial charge in [0.05, 0.1) is 5.69 Å². The molecule has 1 aromatic heterocycles. The van der Waals surface area contributed by atoms with E-state index in [1.165, 1.54) is 12.0 Å². The van der Waals surface area contributed by atoms with Crippen LogP contribution < -0.4 is 0 Å². The molecule has 1 N–H and O–H groups in total. The highest BCUT2D eigenvalue weighted by atomic mass is 16.4. The molecule has 0 spiro atoms. The number of rotatable bonds is 4. The molecule has 2 aromatic carbocycles. The first-order valence-electron chi connectivity index (χ1n) is 8.75. The van der Waals surface area contributed by atoms with Crippen molar-refractivity contribution in [3.05, 3.63) is 71.6 Å². The molecule has 3 aromatic rings. The zero-order chi connectivity index (χ0) is 17.2. The minimum atomic E-state index is 0.313. The summed E-state index contributed by atoms with van der Waals surface area (Å²) < 4.78 is 5.90. The average molecular weight is 334 g/mol. The Labute approximate surface area is 147 Å². The number of phenolic OH excluding ortho intramolecular Hbond substituents is 1. The lowest BCUT2D eigenvalue weighted by molar-refractivity contribution is 0.244. The van der Waals surface area contributed by atoms with Gasteiger partial charge in [-0.25, -0.2) is 4.98 Å². The van der Waals surface area contributed by atoms with Crippen molar-refractivity contribution in [1.29, 1.82) is 0 Å². The smallest absolute Gasteiger partial charge is 0.226 e.